The summed E-state index contributed by atoms with van der Waals surface area (Å²) in [6, 6.07) is 7.47. The number of likely N-dealkylation sites (N-methyl/N-ethyl adjacent to an activating group) is 2. The number of carbonyl (C=O) groups excluding carboxylic acids is 1. The zero-order valence-corrected chi connectivity index (χ0v) is 11.3. The number of hydrogen-bond acceptors (Lipinski definition) is 3. The molecule has 0 atom stereocenters. The van der Waals surface area contributed by atoms with Crippen molar-refractivity contribution in [3.8, 4) is 0 Å². The molecule has 1 rings (SSSR count). The fraction of sp³-hybridized carbons (Fsp3) is 0.417. The summed E-state index contributed by atoms with van der Waals surface area (Å²) in [5.74, 6) is 0.158. The Hall–Kier alpha value is -0.710. The Labute approximate surface area is 105 Å². The molecule has 0 aliphatic heterocycles. The predicted octanol–water partition coefficient (Wildman–Crippen LogP) is 1.78. The van der Waals surface area contributed by atoms with Gasteiger partial charge in [-0.1, -0.05) is 28.1 Å². The molecule has 0 aromatic heterocycles. The smallest absolute Gasteiger partial charge is 0.176 e. The van der Waals surface area contributed by atoms with Crippen molar-refractivity contribution in [3.63, 3.8) is 0 Å². The lowest BCUT2D eigenvalue weighted by Gasteiger charge is -2.15. The highest BCUT2D eigenvalue weighted by atomic mass is 79.9. The highest BCUT2D eigenvalue weighted by Crippen LogP contribution is 2.11. The molecule has 0 unspecified atom stereocenters. The highest BCUT2D eigenvalue weighted by molar-refractivity contribution is 9.10. The number of ketones is 1. The number of carbonyl (C=O) groups is 1. The maximum atomic E-state index is 11.9. The van der Waals surface area contributed by atoms with Gasteiger partial charge >= 0.3 is 0 Å². The van der Waals surface area contributed by atoms with Crippen LogP contribution in [0.15, 0.2) is 28.7 Å². The van der Waals surface area contributed by atoms with E-state index in [9.17, 15) is 4.79 Å². The summed E-state index contributed by atoms with van der Waals surface area (Å²) >= 11 is 3.35. The van der Waals surface area contributed by atoms with E-state index in [1.54, 1.807) is 0 Å². The number of halogens is 1. The van der Waals surface area contributed by atoms with Crippen LogP contribution in [0.25, 0.3) is 0 Å². The minimum absolute atomic E-state index is 0.158. The third-order valence-electron chi connectivity index (χ3n) is 2.32. The number of nitrogens with zero attached hydrogens (tertiary/aromatic N) is 1. The lowest BCUT2D eigenvalue weighted by atomic mass is 10.1. The molecule has 16 heavy (non-hydrogen) atoms. The van der Waals surface area contributed by atoms with Crippen molar-refractivity contribution in [2.75, 3.05) is 33.7 Å². The fourth-order valence-corrected chi connectivity index (χ4v) is 1.62. The number of hydrogen-bond donors (Lipinski definition) is 1. The molecule has 0 fully saturated rings. The second-order valence-electron chi connectivity index (χ2n) is 3.77. The molecular weight excluding hydrogens is 268 g/mol. The molecule has 0 bridgehead atoms. The van der Waals surface area contributed by atoms with E-state index in [-0.39, 0.29) is 5.78 Å². The van der Waals surface area contributed by atoms with Gasteiger partial charge in [-0.15, -0.1) is 0 Å². The maximum absolute atomic E-state index is 11.9. The first kappa shape index (κ1) is 13.4. The number of nitrogens with one attached hydrogen (secondary N) is 1. The van der Waals surface area contributed by atoms with E-state index in [1.165, 1.54) is 0 Å². The van der Waals surface area contributed by atoms with Crippen LogP contribution in [0.2, 0.25) is 0 Å². The van der Waals surface area contributed by atoms with Crippen LogP contribution < -0.4 is 5.32 Å². The lowest BCUT2D eigenvalue weighted by molar-refractivity contribution is 0.0947. The van der Waals surface area contributed by atoms with Crippen LogP contribution >= 0.6 is 15.9 Å². The first-order valence-electron chi connectivity index (χ1n) is 5.25. The summed E-state index contributed by atoms with van der Waals surface area (Å²) in [5, 5.41) is 3.06. The average molecular weight is 285 g/mol. The fourth-order valence-electron chi connectivity index (χ4n) is 1.35. The van der Waals surface area contributed by atoms with Gasteiger partial charge in [-0.3, -0.25) is 9.69 Å². The molecule has 0 heterocycles. The van der Waals surface area contributed by atoms with Gasteiger partial charge in [-0.25, -0.2) is 0 Å². The molecule has 88 valence electrons. The first-order valence-corrected chi connectivity index (χ1v) is 6.04. The van der Waals surface area contributed by atoms with Gasteiger partial charge in [0.25, 0.3) is 0 Å². The van der Waals surface area contributed by atoms with Crippen molar-refractivity contribution >= 4 is 21.7 Å². The summed E-state index contributed by atoms with van der Waals surface area (Å²) in [6.45, 7) is 2.23. The Balaban J connectivity index is 2.48. The van der Waals surface area contributed by atoms with Crippen molar-refractivity contribution in [2.24, 2.45) is 0 Å². The zero-order chi connectivity index (χ0) is 12.0. The lowest BCUT2D eigenvalue weighted by Crippen LogP contribution is -2.31. The summed E-state index contributed by atoms with van der Waals surface area (Å²) in [7, 11) is 3.86. The monoisotopic (exact) mass is 284 g/mol. The predicted molar refractivity (Wildman–Crippen MR) is 69.9 cm³/mol. The van der Waals surface area contributed by atoms with Crippen LogP contribution in [-0.4, -0.2) is 44.4 Å². The molecule has 0 spiro atoms. The second-order valence-corrected chi connectivity index (χ2v) is 4.69. The van der Waals surface area contributed by atoms with Crippen LogP contribution in [0.1, 0.15) is 10.4 Å². The van der Waals surface area contributed by atoms with Gasteiger partial charge in [-0.2, -0.15) is 0 Å². The zero-order valence-electron chi connectivity index (χ0n) is 9.66. The van der Waals surface area contributed by atoms with Gasteiger partial charge in [0.1, 0.15) is 0 Å². The van der Waals surface area contributed by atoms with E-state index in [0.29, 0.717) is 6.54 Å². The van der Waals surface area contributed by atoms with Crippen LogP contribution in [0.3, 0.4) is 0 Å². The highest BCUT2D eigenvalue weighted by Gasteiger charge is 2.08. The molecule has 0 saturated heterocycles. The summed E-state index contributed by atoms with van der Waals surface area (Å²) in [6.07, 6.45) is 0. The quantitative estimate of drug-likeness (QED) is 0.809. The average Bonchev–Trinajstić information content (AvgIpc) is 2.27. The van der Waals surface area contributed by atoms with Gasteiger partial charge in [0.05, 0.1) is 6.54 Å². The van der Waals surface area contributed by atoms with Crippen molar-refractivity contribution in [1.82, 2.24) is 10.2 Å². The van der Waals surface area contributed by atoms with Crippen molar-refractivity contribution in [3.05, 3.63) is 34.3 Å². The SMILES string of the molecule is CNCCN(C)CC(=O)c1ccc(Br)cc1. The van der Waals surface area contributed by atoms with Gasteiger partial charge in [-0.05, 0) is 26.2 Å². The van der Waals surface area contributed by atoms with Crippen molar-refractivity contribution in [1.29, 1.82) is 0 Å². The second kappa shape index (κ2) is 6.78. The Bertz CT molecular complexity index is 337. The number of benzene rings is 1. The number of Topliss-reactive ketones (excluding diaryl/α,β-unsaturated/α-hetero) is 1. The Morgan fingerprint density at radius 3 is 2.56 bits per heavy atom. The largest absolute Gasteiger partial charge is 0.318 e. The molecule has 0 aliphatic rings. The molecule has 4 heteroatoms. The summed E-state index contributed by atoms with van der Waals surface area (Å²) in [4.78, 5) is 13.9. The molecule has 3 nitrogen and oxygen atoms in total. The van der Waals surface area contributed by atoms with E-state index >= 15 is 0 Å². The Morgan fingerprint density at radius 2 is 2.00 bits per heavy atom. The van der Waals surface area contributed by atoms with E-state index < -0.39 is 0 Å². The molecule has 0 amide bonds. The van der Waals surface area contributed by atoms with Crippen LogP contribution in [0.4, 0.5) is 0 Å². The third-order valence-corrected chi connectivity index (χ3v) is 2.85. The van der Waals surface area contributed by atoms with Crippen LogP contribution in [-0.2, 0) is 0 Å². The van der Waals surface area contributed by atoms with Crippen LogP contribution in [0, 0.1) is 0 Å². The van der Waals surface area contributed by atoms with Gasteiger partial charge in [0.15, 0.2) is 5.78 Å². The minimum atomic E-state index is 0.158. The number of rotatable bonds is 6. The molecule has 0 saturated carbocycles. The van der Waals surface area contributed by atoms with Gasteiger partial charge < -0.3 is 5.32 Å². The van der Waals surface area contributed by atoms with E-state index in [0.717, 1.165) is 23.1 Å². The molecule has 0 radical (unpaired) electrons. The Kier molecular flexibility index (Phi) is 5.66. The molecule has 1 aromatic carbocycles. The van der Waals surface area contributed by atoms with Crippen molar-refractivity contribution in [2.45, 2.75) is 0 Å². The standard InChI is InChI=1S/C12H17BrN2O/c1-14-7-8-15(2)9-12(16)10-3-5-11(13)6-4-10/h3-6,14H,7-9H2,1-2H3. The van der Waals surface area contributed by atoms with Crippen LogP contribution in [0.5, 0.6) is 0 Å². The molecular formula is C12H17BrN2O. The minimum Gasteiger partial charge on any atom is -0.318 e. The Morgan fingerprint density at radius 1 is 1.38 bits per heavy atom. The van der Waals surface area contributed by atoms with E-state index in [1.807, 2.05) is 43.3 Å². The topological polar surface area (TPSA) is 32.3 Å². The maximum Gasteiger partial charge on any atom is 0.176 e. The van der Waals surface area contributed by atoms with E-state index in [2.05, 4.69) is 21.2 Å². The molecule has 0 aliphatic carbocycles. The normalized spacial score (nSPS) is 10.8. The van der Waals surface area contributed by atoms with E-state index in [4.69, 9.17) is 0 Å². The van der Waals surface area contributed by atoms with Gasteiger partial charge in [0.2, 0.25) is 0 Å². The summed E-state index contributed by atoms with van der Waals surface area (Å²) < 4.78 is 0.993. The molecule has 1 N–H and O–H groups in total. The van der Waals surface area contributed by atoms with Gasteiger partial charge in [0, 0.05) is 23.1 Å². The third kappa shape index (κ3) is 4.43. The molecule has 1 aromatic rings. The summed E-state index contributed by atoms with van der Waals surface area (Å²) in [5.41, 5.74) is 0.763. The van der Waals surface area contributed by atoms with Crippen molar-refractivity contribution < 1.29 is 4.79 Å². The first-order chi connectivity index (χ1) is 7.63.